The van der Waals surface area contributed by atoms with Crippen LogP contribution < -0.4 is 0 Å². The number of fused-ring (bicyclic) bond motifs is 1. The number of rotatable bonds is 5. The quantitative estimate of drug-likeness (QED) is 0.846. The highest BCUT2D eigenvalue weighted by atomic mass is 19.1. The first kappa shape index (κ1) is 15.1. The Morgan fingerprint density at radius 1 is 1.36 bits per heavy atom. The highest BCUT2D eigenvalue weighted by Gasteiger charge is 2.22. The van der Waals surface area contributed by atoms with Crippen LogP contribution in [0.3, 0.4) is 0 Å². The van der Waals surface area contributed by atoms with Gasteiger partial charge in [0, 0.05) is 32.7 Å². The predicted octanol–water partition coefficient (Wildman–Crippen LogP) is 2.10. The molecule has 1 aromatic heterocycles. The second kappa shape index (κ2) is 6.50. The molecule has 0 unspecified atom stereocenters. The lowest BCUT2D eigenvalue weighted by atomic mass is 9.99. The molecule has 0 bridgehead atoms. The molecule has 7 heteroatoms. The molecule has 2 heterocycles. The molecule has 0 atom stereocenters. The first-order valence-corrected chi connectivity index (χ1v) is 7.15. The van der Waals surface area contributed by atoms with Gasteiger partial charge in [0.15, 0.2) is 5.82 Å². The van der Waals surface area contributed by atoms with Crippen LogP contribution in [-0.4, -0.2) is 35.3 Å². The van der Waals surface area contributed by atoms with Crippen LogP contribution >= 0.6 is 0 Å². The van der Waals surface area contributed by atoms with Crippen molar-refractivity contribution in [2.75, 3.05) is 20.3 Å². The second-order valence-electron chi connectivity index (χ2n) is 5.33. The Bertz CT molecular complexity index is 660. The average molecular weight is 309 g/mol. The predicted molar refractivity (Wildman–Crippen MR) is 74.1 cm³/mol. The number of aromatic nitrogens is 2. The zero-order chi connectivity index (χ0) is 15.5. The van der Waals surface area contributed by atoms with Gasteiger partial charge in [-0.15, -0.1) is 0 Å². The molecule has 3 rings (SSSR count). The van der Waals surface area contributed by atoms with Crippen LogP contribution in [0.4, 0.5) is 8.78 Å². The number of benzene rings is 1. The van der Waals surface area contributed by atoms with Crippen LogP contribution in [0.25, 0.3) is 0 Å². The number of nitrogens with zero attached hydrogens (tertiary/aromatic N) is 3. The lowest BCUT2D eigenvalue weighted by Gasteiger charge is -2.27. The molecule has 1 aromatic carbocycles. The van der Waals surface area contributed by atoms with Crippen LogP contribution in [0.15, 0.2) is 16.7 Å². The molecule has 0 fully saturated rings. The summed E-state index contributed by atoms with van der Waals surface area (Å²) in [5.41, 5.74) is 1.28. The van der Waals surface area contributed by atoms with Crippen LogP contribution in [0.1, 0.15) is 22.8 Å². The standard InChI is InChI=1S/C15H17F2N3O2/c1-21-5-3-14-18-15(22-19-14)9-20-4-2-12-10(8-20)6-11(16)7-13(12)17/h6-7H,2-5,8-9H2,1H3. The molecule has 0 saturated carbocycles. The van der Waals surface area contributed by atoms with Gasteiger partial charge in [-0.2, -0.15) is 4.98 Å². The van der Waals surface area contributed by atoms with E-state index in [2.05, 4.69) is 10.1 Å². The zero-order valence-corrected chi connectivity index (χ0v) is 12.3. The number of hydrogen-bond acceptors (Lipinski definition) is 5. The molecule has 0 spiro atoms. The van der Waals surface area contributed by atoms with E-state index in [0.717, 1.165) is 6.07 Å². The van der Waals surface area contributed by atoms with Crippen LogP contribution in [-0.2, 0) is 30.7 Å². The monoisotopic (exact) mass is 309 g/mol. The molecule has 1 aliphatic heterocycles. The molecule has 0 saturated heterocycles. The maximum Gasteiger partial charge on any atom is 0.240 e. The van der Waals surface area contributed by atoms with Gasteiger partial charge >= 0.3 is 0 Å². The normalized spacial score (nSPS) is 15.0. The smallest absolute Gasteiger partial charge is 0.240 e. The second-order valence-corrected chi connectivity index (χ2v) is 5.33. The summed E-state index contributed by atoms with van der Waals surface area (Å²) in [6.45, 7) is 2.15. The number of halogens is 2. The van der Waals surface area contributed by atoms with E-state index >= 15 is 0 Å². The Labute approximate surface area is 126 Å². The minimum absolute atomic E-state index is 0.464. The Morgan fingerprint density at radius 3 is 3.05 bits per heavy atom. The highest BCUT2D eigenvalue weighted by molar-refractivity contribution is 5.31. The lowest BCUT2D eigenvalue weighted by molar-refractivity contribution is 0.198. The maximum absolute atomic E-state index is 13.7. The Hall–Kier alpha value is -1.86. The minimum Gasteiger partial charge on any atom is -0.384 e. The summed E-state index contributed by atoms with van der Waals surface area (Å²) in [5.74, 6) is 0.102. The van der Waals surface area contributed by atoms with Crippen molar-refractivity contribution >= 4 is 0 Å². The van der Waals surface area contributed by atoms with E-state index in [4.69, 9.17) is 9.26 Å². The molecule has 0 aliphatic carbocycles. The first-order valence-electron chi connectivity index (χ1n) is 7.15. The summed E-state index contributed by atoms with van der Waals surface area (Å²) in [6.07, 6.45) is 1.14. The molecular formula is C15H17F2N3O2. The van der Waals surface area contributed by atoms with E-state index in [1.54, 1.807) is 7.11 Å². The third kappa shape index (κ3) is 3.31. The van der Waals surface area contributed by atoms with Gasteiger partial charge in [0.25, 0.3) is 0 Å². The SMILES string of the molecule is COCCc1noc(CN2CCc3c(F)cc(F)cc3C2)n1. The van der Waals surface area contributed by atoms with Crippen LogP contribution in [0.5, 0.6) is 0 Å². The lowest BCUT2D eigenvalue weighted by Crippen LogP contribution is -2.31. The molecule has 5 nitrogen and oxygen atoms in total. The molecular weight excluding hydrogens is 292 g/mol. The Balaban J connectivity index is 1.66. The van der Waals surface area contributed by atoms with Gasteiger partial charge in [-0.3, -0.25) is 4.90 Å². The third-order valence-corrected chi connectivity index (χ3v) is 3.72. The number of hydrogen-bond donors (Lipinski definition) is 0. The van der Waals surface area contributed by atoms with E-state index in [0.29, 0.717) is 61.9 Å². The average Bonchev–Trinajstić information content (AvgIpc) is 2.92. The molecule has 0 radical (unpaired) electrons. The summed E-state index contributed by atoms with van der Waals surface area (Å²) in [4.78, 5) is 6.32. The van der Waals surface area contributed by atoms with Gasteiger partial charge < -0.3 is 9.26 Å². The first-order chi connectivity index (χ1) is 10.7. The summed E-state index contributed by atoms with van der Waals surface area (Å²) in [5, 5.41) is 3.88. The van der Waals surface area contributed by atoms with E-state index in [1.807, 2.05) is 4.90 Å². The van der Waals surface area contributed by atoms with Gasteiger partial charge in [0.2, 0.25) is 5.89 Å². The van der Waals surface area contributed by atoms with Crippen molar-refractivity contribution < 1.29 is 18.0 Å². The van der Waals surface area contributed by atoms with Gasteiger partial charge in [-0.25, -0.2) is 8.78 Å². The fourth-order valence-corrected chi connectivity index (χ4v) is 2.64. The van der Waals surface area contributed by atoms with Crippen molar-refractivity contribution in [1.29, 1.82) is 0 Å². The van der Waals surface area contributed by atoms with E-state index in [-0.39, 0.29) is 0 Å². The van der Waals surface area contributed by atoms with E-state index in [1.165, 1.54) is 6.07 Å². The summed E-state index contributed by atoms with van der Waals surface area (Å²) in [7, 11) is 1.62. The van der Waals surface area contributed by atoms with Crippen molar-refractivity contribution in [3.63, 3.8) is 0 Å². The molecule has 22 heavy (non-hydrogen) atoms. The Morgan fingerprint density at radius 2 is 2.23 bits per heavy atom. The third-order valence-electron chi connectivity index (χ3n) is 3.72. The summed E-state index contributed by atoms with van der Waals surface area (Å²) in [6, 6.07) is 2.33. The van der Waals surface area contributed by atoms with Gasteiger partial charge in [-0.1, -0.05) is 5.16 Å². The molecule has 2 aromatic rings. The van der Waals surface area contributed by atoms with Gasteiger partial charge in [0.05, 0.1) is 13.2 Å². The van der Waals surface area contributed by atoms with E-state index < -0.39 is 11.6 Å². The topological polar surface area (TPSA) is 51.4 Å². The van der Waals surface area contributed by atoms with E-state index in [9.17, 15) is 8.78 Å². The fourth-order valence-electron chi connectivity index (χ4n) is 2.64. The van der Waals surface area contributed by atoms with Crippen LogP contribution in [0.2, 0.25) is 0 Å². The van der Waals surface area contributed by atoms with Crippen molar-refractivity contribution in [3.8, 4) is 0 Å². The zero-order valence-electron chi connectivity index (χ0n) is 12.3. The van der Waals surface area contributed by atoms with Gasteiger partial charge in [-0.05, 0) is 23.6 Å². The van der Waals surface area contributed by atoms with Crippen molar-refractivity contribution in [3.05, 3.63) is 46.6 Å². The number of ether oxygens (including phenoxy) is 1. The largest absolute Gasteiger partial charge is 0.384 e. The molecule has 118 valence electrons. The highest BCUT2D eigenvalue weighted by Crippen LogP contribution is 2.24. The van der Waals surface area contributed by atoms with Crippen molar-refractivity contribution in [1.82, 2.24) is 15.0 Å². The van der Waals surface area contributed by atoms with Crippen molar-refractivity contribution in [2.45, 2.75) is 25.9 Å². The fraction of sp³-hybridized carbons (Fsp3) is 0.467. The molecule has 0 N–H and O–H groups in total. The molecule has 0 amide bonds. The van der Waals surface area contributed by atoms with Crippen molar-refractivity contribution in [2.24, 2.45) is 0 Å². The number of methoxy groups -OCH3 is 1. The minimum atomic E-state index is -0.544. The summed E-state index contributed by atoms with van der Waals surface area (Å²) < 4.78 is 37.2. The maximum atomic E-state index is 13.7. The van der Waals surface area contributed by atoms with Crippen LogP contribution in [0, 0.1) is 11.6 Å². The summed E-state index contributed by atoms with van der Waals surface area (Å²) >= 11 is 0. The molecule has 1 aliphatic rings. The Kier molecular flexibility index (Phi) is 4.44. The van der Waals surface area contributed by atoms with Gasteiger partial charge in [0.1, 0.15) is 11.6 Å².